The van der Waals surface area contributed by atoms with E-state index in [1.807, 2.05) is 51.4 Å². The molecule has 2 heterocycles. The van der Waals surface area contributed by atoms with E-state index in [0.29, 0.717) is 0 Å². The highest BCUT2D eigenvalue weighted by atomic mass is 127. The smallest absolute Gasteiger partial charge is 0.193 e. The summed E-state index contributed by atoms with van der Waals surface area (Å²) < 4.78 is 5.70. The molecule has 0 saturated carbocycles. The van der Waals surface area contributed by atoms with E-state index in [-0.39, 0.29) is 30.1 Å². The SMILES string of the molecule is CN=C(NCCc1ccc(OC(C)C)cc1)N1CCN(c2ccccn2)CC1.I. The van der Waals surface area contributed by atoms with Gasteiger partial charge in [-0.2, -0.15) is 0 Å². The maximum atomic E-state index is 5.70. The first-order valence-electron chi connectivity index (χ1n) is 10.0. The Morgan fingerprint density at radius 3 is 2.41 bits per heavy atom. The van der Waals surface area contributed by atoms with Crippen LogP contribution in [0.1, 0.15) is 19.4 Å². The fourth-order valence-electron chi connectivity index (χ4n) is 3.35. The Kier molecular flexibility index (Phi) is 9.50. The lowest BCUT2D eigenvalue weighted by molar-refractivity contribution is 0.242. The summed E-state index contributed by atoms with van der Waals surface area (Å²) in [6, 6.07) is 14.4. The zero-order chi connectivity index (χ0) is 19.8. The molecule has 0 unspecified atom stereocenters. The number of anilines is 1. The van der Waals surface area contributed by atoms with Crippen molar-refractivity contribution in [1.29, 1.82) is 0 Å². The van der Waals surface area contributed by atoms with Gasteiger partial charge in [0.05, 0.1) is 6.10 Å². The highest BCUT2D eigenvalue weighted by molar-refractivity contribution is 14.0. The summed E-state index contributed by atoms with van der Waals surface area (Å²) in [5.41, 5.74) is 1.29. The van der Waals surface area contributed by atoms with Gasteiger partial charge in [0.15, 0.2) is 5.96 Å². The molecule has 1 fully saturated rings. The zero-order valence-corrected chi connectivity index (χ0v) is 19.9. The number of nitrogens with zero attached hydrogens (tertiary/aromatic N) is 4. The second-order valence-electron chi connectivity index (χ2n) is 7.20. The van der Waals surface area contributed by atoms with Crippen molar-refractivity contribution in [2.45, 2.75) is 26.4 Å². The number of halogens is 1. The zero-order valence-electron chi connectivity index (χ0n) is 17.5. The topological polar surface area (TPSA) is 53.0 Å². The minimum atomic E-state index is 0. The van der Waals surface area contributed by atoms with E-state index < -0.39 is 0 Å². The lowest BCUT2D eigenvalue weighted by atomic mass is 10.1. The van der Waals surface area contributed by atoms with E-state index >= 15 is 0 Å². The predicted octanol–water partition coefficient (Wildman–Crippen LogP) is 3.43. The Labute approximate surface area is 191 Å². The van der Waals surface area contributed by atoms with Gasteiger partial charge in [-0.05, 0) is 50.1 Å². The Bertz CT molecular complexity index is 744. The first kappa shape index (κ1) is 23.3. The van der Waals surface area contributed by atoms with Crippen molar-refractivity contribution in [2.75, 3.05) is 44.7 Å². The van der Waals surface area contributed by atoms with E-state index in [4.69, 9.17) is 4.74 Å². The summed E-state index contributed by atoms with van der Waals surface area (Å²) in [5, 5.41) is 3.50. The molecule has 0 atom stereocenters. The number of pyridine rings is 1. The molecule has 0 aliphatic carbocycles. The van der Waals surface area contributed by atoms with Crippen LogP contribution in [0.5, 0.6) is 5.75 Å². The highest BCUT2D eigenvalue weighted by Crippen LogP contribution is 2.14. The molecule has 3 rings (SSSR count). The molecule has 1 aliphatic rings. The summed E-state index contributed by atoms with van der Waals surface area (Å²) in [6.45, 7) is 8.73. The first-order chi connectivity index (χ1) is 13.7. The monoisotopic (exact) mass is 509 g/mol. The molecule has 6 nitrogen and oxygen atoms in total. The third-order valence-corrected chi connectivity index (χ3v) is 4.76. The van der Waals surface area contributed by atoms with Crippen LogP contribution in [0.3, 0.4) is 0 Å². The number of aliphatic imine (C=N–C) groups is 1. The van der Waals surface area contributed by atoms with Crippen molar-refractivity contribution in [2.24, 2.45) is 4.99 Å². The number of ether oxygens (including phenoxy) is 1. The average Bonchev–Trinajstić information content (AvgIpc) is 2.73. The van der Waals surface area contributed by atoms with Gasteiger partial charge in [-0.1, -0.05) is 18.2 Å². The molecule has 2 aromatic rings. The van der Waals surface area contributed by atoms with E-state index in [1.54, 1.807) is 0 Å². The van der Waals surface area contributed by atoms with Gasteiger partial charge in [0.25, 0.3) is 0 Å². The molecule has 1 saturated heterocycles. The van der Waals surface area contributed by atoms with Crippen molar-refractivity contribution >= 4 is 35.8 Å². The Hall–Kier alpha value is -2.03. The van der Waals surface area contributed by atoms with Crippen molar-refractivity contribution in [1.82, 2.24) is 15.2 Å². The van der Waals surface area contributed by atoms with E-state index in [2.05, 4.69) is 43.3 Å². The maximum Gasteiger partial charge on any atom is 0.193 e. The van der Waals surface area contributed by atoms with Crippen LogP contribution in [-0.4, -0.2) is 61.7 Å². The van der Waals surface area contributed by atoms with Crippen molar-refractivity contribution < 1.29 is 4.74 Å². The molecule has 29 heavy (non-hydrogen) atoms. The van der Waals surface area contributed by atoms with Gasteiger partial charge in [-0.3, -0.25) is 4.99 Å². The average molecular weight is 509 g/mol. The number of hydrogen-bond donors (Lipinski definition) is 1. The van der Waals surface area contributed by atoms with E-state index in [9.17, 15) is 0 Å². The minimum Gasteiger partial charge on any atom is -0.491 e. The molecular weight excluding hydrogens is 477 g/mol. The normalized spacial score (nSPS) is 14.6. The largest absolute Gasteiger partial charge is 0.491 e. The Morgan fingerprint density at radius 2 is 1.83 bits per heavy atom. The maximum absolute atomic E-state index is 5.70. The molecule has 7 heteroatoms. The van der Waals surface area contributed by atoms with Gasteiger partial charge in [0, 0.05) is 46.0 Å². The van der Waals surface area contributed by atoms with Crippen LogP contribution in [0.25, 0.3) is 0 Å². The first-order valence-corrected chi connectivity index (χ1v) is 10.0. The minimum absolute atomic E-state index is 0. The molecule has 1 N–H and O–H groups in total. The highest BCUT2D eigenvalue weighted by Gasteiger charge is 2.20. The standard InChI is InChI=1S/C22H31N5O.HI/c1-18(2)28-20-9-7-19(8-10-20)11-13-25-22(23-3)27-16-14-26(15-17-27)21-6-4-5-12-24-21;/h4-10,12,18H,11,13-17H2,1-3H3,(H,23,25);1H. The number of nitrogens with one attached hydrogen (secondary N) is 1. The number of hydrogen-bond acceptors (Lipinski definition) is 4. The summed E-state index contributed by atoms with van der Waals surface area (Å²) >= 11 is 0. The summed E-state index contributed by atoms with van der Waals surface area (Å²) in [5.74, 6) is 2.95. The Morgan fingerprint density at radius 1 is 1.10 bits per heavy atom. The van der Waals surface area contributed by atoms with Crippen LogP contribution in [0.15, 0.2) is 53.7 Å². The molecular formula is C22H32IN5O. The summed E-state index contributed by atoms with van der Waals surface area (Å²) in [6.07, 6.45) is 3.01. The quantitative estimate of drug-likeness (QED) is 0.368. The molecule has 1 aromatic carbocycles. The lowest BCUT2D eigenvalue weighted by Gasteiger charge is -2.37. The van der Waals surface area contributed by atoms with Gasteiger partial charge < -0.3 is 19.9 Å². The number of rotatable bonds is 6. The van der Waals surface area contributed by atoms with E-state index in [0.717, 1.165) is 56.7 Å². The van der Waals surface area contributed by atoms with Crippen molar-refractivity contribution in [3.8, 4) is 5.75 Å². The lowest BCUT2D eigenvalue weighted by Crippen LogP contribution is -2.53. The second kappa shape index (κ2) is 11.8. The van der Waals surface area contributed by atoms with Crippen LogP contribution in [-0.2, 0) is 6.42 Å². The van der Waals surface area contributed by atoms with Crippen LogP contribution >= 0.6 is 24.0 Å². The molecule has 1 aliphatic heterocycles. The predicted molar refractivity (Wildman–Crippen MR) is 131 cm³/mol. The van der Waals surface area contributed by atoms with Crippen molar-refractivity contribution in [3.63, 3.8) is 0 Å². The van der Waals surface area contributed by atoms with Crippen LogP contribution < -0.4 is 15.0 Å². The van der Waals surface area contributed by atoms with Gasteiger partial charge in [-0.15, -0.1) is 24.0 Å². The number of guanidine groups is 1. The van der Waals surface area contributed by atoms with Gasteiger partial charge >= 0.3 is 0 Å². The van der Waals surface area contributed by atoms with Gasteiger partial charge in [0.2, 0.25) is 0 Å². The number of piperazine rings is 1. The molecule has 0 amide bonds. The fraction of sp³-hybridized carbons (Fsp3) is 0.455. The molecule has 0 bridgehead atoms. The number of benzene rings is 1. The molecule has 0 radical (unpaired) electrons. The Balaban J connectivity index is 0.00000300. The fourth-order valence-corrected chi connectivity index (χ4v) is 3.35. The third-order valence-electron chi connectivity index (χ3n) is 4.76. The molecule has 158 valence electrons. The van der Waals surface area contributed by atoms with Gasteiger partial charge in [0.1, 0.15) is 11.6 Å². The van der Waals surface area contributed by atoms with Crippen LogP contribution in [0, 0.1) is 0 Å². The second-order valence-corrected chi connectivity index (χ2v) is 7.20. The van der Waals surface area contributed by atoms with Gasteiger partial charge in [-0.25, -0.2) is 4.98 Å². The van der Waals surface area contributed by atoms with Crippen LogP contribution in [0.2, 0.25) is 0 Å². The van der Waals surface area contributed by atoms with E-state index in [1.165, 1.54) is 5.56 Å². The summed E-state index contributed by atoms with van der Waals surface area (Å²) in [4.78, 5) is 13.6. The molecule has 1 aromatic heterocycles. The van der Waals surface area contributed by atoms with Crippen molar-refractivity contribution in [3.05, 3.63) is 54.2 Å². The third kappa shape index (κ3) is 7.06. The number of aromatic nitrogens is 1. The summed E-state index contributed by atoms with van der Waals surface area (Å²) in [7, 11) is 1.85. The molecule has 0 spiro atoms. The van der Waals surface area contributed by atoms with Crippen LogP contribution in [0.4, 0.5) is 5.82 Å².